The Labute approximate surface area is 151 Å². The van der Waals surface area contributed by atoms with Crippen molar-refractivity contribution >= 4 is 5.65 Å². The molecule has 0 bridgehead atoms. The molecule has 1 aliphatic carbocycles. The summed E-state index contributed by atoms with van der Waals surface area (Å²) in [7, 11) is 0. The van der Waals surface area contributed by atoms with Gasteiger partial charge in [0.25, 0.3) is 5.56 Å². The molecule has 3 aromatic heterocycles. The van der Waals surface area contributed by atoms with Gasteiger partial charge in [0.2, 0.25) is 0 Å². The van der Waals surface area contributed by atoms with E-state index in [1.54, 1.807) is 16.7 Å². The topological polar surface area (TPSA) is 66.3 Å². The van der Waals surface area contributed by atoms with Crippen LogP contribution >= 0.6 is 0 Å². The molecule has 1 saturated heterocycles. The van der Waals surface area contributed by atoms with E-state index < -0.39 is 0 Å². The molecule has 1 aliphatic heterocycles. The zero-order chi connectivity index (χ0) is 17.5. The lowest BCUT2D eigenvalue weighted by Gasteiger charge is -2.22. The van der Waals surface area contributed by atoms with Gasteiger partial charge in [-0.3, -0.25) is 14.1 Å². The number of hydrogen-bond donors (Lipinski definition) is 1. The van der Waals surface area contributed by atoms with Crippen LogP contribution < -0.4 is 5.56 Å². The van der Waals surface area contributed by atoms with E-state index in [9.17, 15) is 4.79 Å². The maximum absolute atomic E-state index is 12.3. The van der Waals surface area contributed by atoms with Crippen LogP contribution in [0.15, 0.2) is 35.3 Å². The van der Waals surface area contributed by atoms with Crippen molar-refractivity contribution in [2.24, 2.45) is 0 Å². The highest BCUT2D eigenvalue weighted by Gasteiger charge is 2.30. The maximum atomic E-state index is 12.3. The Balaban J connectivity index is 1.43. The number of aromatic amines is 1. The monoisotopic (exact) mass is 349 g/mol. The van der Waals surface area contributed by atoms with Crippen LogP contribution in [0.4, 0.5) is 0 Å². The van der Waals surface area contributed by atoms with E-state index in [-0.39, 0.29) is 5.56 Å². The number of rotatable bonds is 3. The van der Waals surface area contributed by atoms with E-state index in [4.69, 9.17) is 4.98 Å². The third-order valence-corrected chi connectivity index (χ3v) is 5.64. The lowest BCUT2D eigenvalue weighted by Crippen LogP contribution is -2.26. The van der Waals surface area contributed by atoms with Crippen LogP contribution in [0.5, 0.6) is 0 Å². The molecule has 0 amide bonds. The Hall–Kier alpha value is -2.47. The molecule has 1 fully saturated rings. The average Bonchev–Trinajstić information content (AvgIpc) is 3.28. The van der Waals surface area contributed by atoms with Crippen LogP contribution in [-0.4, -0.2) is 30.8 Å². The minimum absolute atomic E-state index is 0.0187. The van der Waals surface area contributed by atoms with E-state index in [0.717, 1.165) is 43.7 Å². The van der Waals surface area contributed by atoms with Crippen LogP contribution in [0.2, 0.25) is 0 Å². The molecule has 0 saturated carbocycles. The summed E-state index contributed by atoms with van der Waals surface area (Å²) in [6, 6.07) is 7.61. The van der Waals surface area contributed by atoms with Gasteiger partial charge in [-0.05, 0) is 57.2 Å². The van der Waals surface area contributed by atoms with Crippen molar-refractivity contribution in [3.05, 3.63) is 63.7 Å². The largest absolute Gasteiger partial charge is 0.344 e. The van der Waals surface area contributed by atoms with Crippen molar-refractivity contribution in [2.75, 3.05) is 6.54 Å². The number of likely N-dealkylation sites (tertiary alicyclic amines) is 1. The first-order chi connectivity index (χ1) is 12.8. The van der Waals surface area contributed by atoms with Crippen LogP contribution in [0.25, 0.3) is 5.65 Å². The molecule has 3 aromatic rings. The van der Waals surface area contributed by atoms with E-state index in [1.165, 1.54) is 24.2 Å². The van der Waals surface area contributed by atoms with E-state index in [0.29, 0.717) is 18.2 Å². The summed E-state index contributed by atoms with van der Waals surface area (Å²) in [6.07, 6.45) is 8.76. The number of nitrogens with one attached hydrogen (secondary N) is 1. The molecule has 4 heterocycles. The predicted octanol–water partition coefficient (Wildman–Crippen LogP) is 2.63. The minimum atomic E-state index is -0.0187. The van der Waals surface area contributed by atoms with Gasteiger partial charge in [0.15, 0.2) is 0 Å². The Morgan fingerprint density at radius 1 is 1.15 bits per heavy atom. The number of aromatic nitrogens is 4. The van der Waals surface area contributed by atoms with Gasteiger partial charge in [-0.2, -0.15) is 0 Å². The summed E-state index contributed by atoms with van der Waals surface area (Å²) in [4.78, 5) is 27.9. The third-order valence-electron chi connectivity index (χ3n) is 5.64. The lowest BCUT2D eigenvalue weighted by atomic mass is 10.0. The number of pyridine rings is 1. The smallest absolute Gasteiger partial charge is 0.258 e. The van der Waals surface area contributed by atoms with Gasteiger partial charge >= 0.3 is 0 Å². The molecule has 134 valence electrons. The molecule has 5 rings (SSSR count). The molecule has 1 N–H and O–H groups in total. The first-order valence-electron chi connectivity index (χ1n) is 9.57. The Morgan fingerprint density at radius 2 is 2.08 bits per heavy atom. The molecule has 6 heteroatoms. The zero-order valence-corrected chi connectivity index (χ0v) is 14.8. The van der Waals surface area contributed by atoms with Gasteiger partial charge in [-0.15, -0.1) is 0 Å². The normalized spacial score (nSPS) is 20.5. The van der Waals surface area contributed by atoms with E-state index in [1.807, 2.05) is 18.2 Å². The summed E-state index contributed by atoms with van der Waals surface area (Å²) in [5.41, 5.74) is 4.12. The summed E-state index contributed by atoms with van der Waals surface area (Å²) < 4.78 is 1.59. The molecule has 6 nitrogen and oxygen atoms in total. The second-order valence-corrected chi connectivity index (χ2v) is 7.40. The number of aryl methyl sites for hydroxylation is 2. The SMILES string of the molecule is O=c1cc(CN2CCCC2c2nc3c([nH]2)CCCC3)nc2ccccn12. The number of fused-ring (bicyclic) bond motifs is 2. The number of hydrogen-bond acceptors (Lipinski definition) is 4. The fourth-order valence-electron chi connectivity index (χ4n) is 4.35. The molecule has 1 unspecified atom stereocenters. The fraction of sp³-hybridized carbons (Fsp3) is 0.450. The highest BCUT2D eigenvalue weighted by Crippen LogP contribution is 2.33. The summed E-state index contributed by atoms with van der Waals surface area (Å²) >= 11 is 0. The predicted molar refractivity (Wildman–Crippen MR) is 99.1 cm³/mol. The molecule has 26 heavy (non-hydrogen) atoms. The van der Waals surface area contributed by atoms with E-state index >= 15 is 0 Å². The van der Waals surface area contributed by atoms with Gasteiger partial charge < -0.3 is 4.98 Å². The standard InChI is InChI=1S/C20H23N5O/c26-19-12-14(21-18-9-3-4-11-25(18)19)13-24-10-5-8-17(24)20-22-15-6-1-2-7-16(15)23-20/h3-4,9,11-12,17H,1-2,5-8,10,13H2,(H,22,23). The van der Waals surface area contributed by atoms with Crippen LogP contribution in [0, 0.1) is 0 Å². The van der Waals surface area contributed by atoms with Gasteiger partial charge in [0, 0.05) is 24.5 Å². The van der Waals surface area contributed by atoms with Crippen LogP contribution in [-0.2, 0) is 19.4 Å². The molecular formula is C20H23N5O. The molecule has 0 radical (unpaired) electrons. The van der Waals surface area contributed by atoms with Crippen molar-refractivity contribution in [3.8, 4) is 0 Å². The second-order valence-electron chi connectivity index (χ2n) is 7.40. The number of nitrogens with zero attached hydrogens (tertiary/aromatic N) is 4. The zero-order valence-electron chi connectivity index (χ0n) is 14.8. The van der Waals surface area contributed by atoms with E-state index in [2.05, 4.69) is 14.9 Å². The second kappa shape index (κ2) is 6.36. The van der Waals surface area contributed by atoms with Crippen molar-refractivity contribution in [2.45, 2.75) is 51.1 Å². The summed E-state index contributed by atoms with van der Waals surface area (Å²) in [5.74, 6) is 1.10. The van der Waals surface area contributed by atoms with Crippen molar-refractivity contribution < 1.29 is 0 Å². The van der Waals surface area contributed by atoms with Crippen LogP contribution in [0.1, 0.15) is 54.6 Å². The molecule has 2 aliphatic rings. The quantitative estimate of drug-likeness (QED) is 0.789. The van der Waals surface area contributed by atoms with Crippen LogP contribution in [0.3, 0.4) is 0 Å². The molecule has 1 atom stereocenters. The van der Waals surface area contributed by atoms with Gasteiger partial charge in [0.1, 0.15) is 11.5 Å². The van der Waals surface area contributed by atoms with Gasteiger partial charge in [-0.1, -0.05) is 6.07 Å². The minimum Gasteiger partial charge on any atom is -0.344 e. The molecular weight excluding hydrogens is 326 g/mol. The highest BCUT2D eigenvalue weighted by molar-refractivity contribution is 5.38. The summed E-state index contributed by atoms with van der Waals surface area (Å²) in [6.45, 7) is 1.71. The third kappa shape index (κ3) is 2.74. The Bertz CT molecular complexity index is 981. The van der Waals surface area contributed by atoms with Crippen molar-refractivity contribution in [1.29, 1.82) is 0 Å². The fourth-order valence-corrected chi connectivity index (χ4v) is 4.35. The first kappa shape index (κ1) is 15.8. The lowest BCUT2D eigenvalue weighted by molar-refractivity contribution is 0.238. The average molecular weight is 349 g/mol. The molecule has 0 aromatic carbocycles. The van der Waals surface area contributed by atoms with Crippen molar-refractivity contribution in [1.82, 2.24) is 24.3 Å². The van der Waals surface area contributed by atoms with Gasteiger partial charge in [-0.25, -0.2) is 9.97 Å². The molecule has 0 spiro atoms. The Morgan fingerprint density at radius 3 is 3.00 bits per heavy atom. The first-order valence-corrected chi connectivity index (χ1v) is 9.57. The number of imidazole rings is 1. The Kier molecular flexibility index (Phi) is 3.85. The van der Waals surface area contributed by atoms with Gasteiger partial charge in [0.05, 0.1) is 17.4 Å². The summed E-state index contributed by atoms with van der Waals surface area (Å²) in [5, 5.41) is 0. The maximum Gasteiger partial charge on any atom is 0.258 e. The highest BCUT2D eigenvalue weighted by atomic mass is 16.1. The number of H-pyrrole nitrogens is 1. The van der Waals surface area contributed by atoms with Crippen molar-refractivity contribution in [3.63, 3.8) is 0 Å².